The first kappa shape index (κ1) is 19.1. The van der Waals surface area contributed by atoms with Crippen LogP contribution in [0.15, 0.2) is 29.3 Å². The summed E-state index contributed by atoms with van der Waals surface area (Å²) >= 11 is 1.15. The van der Waals surface area contributed by atoms with Crippen molar-refractivity contribution < 1.29 is 14.2 Å². The second-order valence-electron chi connectivity index (χ2n) is 7.56. The molecular formula is C19H19FN6O3S. The third-order valence-corrected chi connectivity index (χ3v) is 6.49. The molecule has 156 valence electrons. The number of piperidine rings is 2. The molecule has 2 saturated heterocycles. The summed E-state index contributed by atoms with van der Waals surface area (Å²) in [5, 5.41) is 22.5. The van der Waals surface area contributed by atoms with Gasteiger partial charge in [-0.15, -0.1) is 5.10 Å². The Morgan fingerprint density at radius 2 is 2.20 bits per heavy atom. The smallest absolute Gasteiger partial charge is 0.350 e. The number of alkyl halides is 1. The van der Waals surface area contributed by atoms with Gasteiger partial charge < -0.3 is 15.2 Å². The summed E-state index contributed by atoms with van der Waals surface area (Å²) in [4.78, 5) is 19.7. The Labute approximate surface area is 174 Å². The molecule has 2 bridgehead atoms. The summed E-state index contributed by atoms with van der Waals surface area (Å²) < 4.78 is 21.7. The van der Waals surface area contributed by atoms with E-state index in [1.54, 1.807) is 19.2 Å². The molecule has 1 saturated carbocycles. The fourth-order valence-corrected chi connectivity index (χ4v) is 4.74. The first-order chi connectivity index (χ1) is 14.5. The number of hydrogen-bond donors (Lipinski definition) is 2. The van der Waals surface area contributed by atoms with Crippen molar-refractivity contribution in [1.29, 1.82) is 0 Å². The number of fused-ring (bicyclic) bond motifs is 3. The van der Waals surface area contributed by atoms with Crippen LogP contribution in [-0.4, -0.2) is 54.7 Å². The Kier molecular flexibility index (Phi) is 4.70. The van der Waals surface area contributed by atoms with Gasteiger partial charge in [0.05, 0.1) is 5.56 Å². The van der Waals surface area contributed by atoms with Crippen molar-refractivity contribution in [3.05, 3.63) is 35.0 Å². The fourth-order valence-electron chi connectivity index (χ4n) is 3.97. The number of aryl methyl sites for hydroxylation is 1. The van der Waals surface area contributed by atoms with E-state index in [1.807, 2.05) is 0 Å². The first-order valence-electron chi connectivity index (χ1n) is 9.60. The van der Waals surface area contributed by atoms with Crippen molar-refractivity contribution in [3.63, 3.8) is 0 Å². The summed E-state index contributed by atoms with van der Waals surface area (Å²) in [6, 6.07) is 4.64. The number of halogens is 1. The summed E-state index contributed by atoms with van der Waals surface area (Å²) in [6.07, 6.45) is 1.53. The van der Waals surface area contributed by atoms with Crippen molar-refractivity contribution >= 4 is 11.3 Å². The number of phenolic OH excluding ortho intramolecular Hbond substituents is 1. The standard InChI is InChI=1S/C19H19FN6O3S/c1-26-8-22-16(23-18(26)28)9-2-4-11(13(27)6-9)17-24-25-19(30-17)29-15-10-3-5-12(14(15)20)21-7-10/h2,4,6,8,10,12,14-15,21,27H,3,5,7H2,1H3/t10?,12?,14-,15-/m1/s1. The maximum atomic E-state index is 14.6. The molecule has 4 atom stereocenters. The third kappa shape index (κ3) is 3.33. The zero-order chi connectivity index (χ0) is 20.8. The number of phenols is 1. The van der Waals surface area contributed by atoms with E-state index >= 15 is 0 Å². The zero-order valence-corrected chi connectivity index (χ0v) is 16.8. The number of aromatic hydroxyl groups is 1. The predicted octanol–water partition coefficient (Wildman–Crippen LogP) is 1.53. The highest BCUT2D eigenvalue weighted by atomic mass is 32.1. The molecule has 9 nitrogen and oxygen atoms in total. The topological polar surface area (TPSA) is 115 Å². The van der Waals surface area contributed by atoms with Gasteiger partial charge in [0.15, 0.2) is 17.0 Å². The van der Waals surface area contributed by atoms with Gasteiger partial charge in [-0.3, -0.25) is 4.57 Å². The van der Waals surface area contributed by atoms with E-state index in [-0.39, 0.29) is 28.7 Å². The van der Waals surface area contributed by atoms with E-state index in [1.165, 1.54) is 17.0 Å². The molecule has 2 N–H and O–H groups in total. The summed E-state index contributed by atoms with van der Waals surface area (Å²) in [7, 11) is 1.56. The molecule has 30 heavy (non-hydrogen) atoms. The number of nitrogens with zero attached hydrogens (tertiary/aromatic N) is 5. The maximum Gasteiger partial charge on any atom is 0.350 e. The van der Waals surface area contributed by atoms with Crippen LogP contribution in [0, 0.1) is 5.92 Å². The minimum absolute atomic E-state index is 0.0521. The van der Waals surface area contributed by atoms with Gasteiger partial charge >= 0.3 is 5.69 Å². The highest BCUT2D eigenvalue weighted by Crippen LogP contribution is 2.39. The Balaban J connectivity index is 1.37. The lowest BCUT2D eigenvalue weighted by Crippen LogP contribution is -2.61. The quantitative estimate of drug-likeness (QED) is 0.641. The van der Waals surface area contributed by atoms with Crippen LogP contribution in [-0.2, 0) is 7.05 Å². The van der Waals surface area contributed by atoms with Crippen LogP contribution < -0.4 is 15.7 Å². The fraction of sp³-hybridized carbons (Fsp3) is 0.421. The van der Waals surface area contributed by atoms with E-state index < -0.39 is 18.0 Å². The normalized spacial score (nSPS) is 25.4. The predicted molar refractivity (Wildman–Crippen MR) is 107 cm³/mol. The van der Waals surface area contributed by atoms with Crippen LogP contribution >= 0.6 is 11.3 Å². The second-order valence-corrected chi connectivity index (χ2v) is 8.50. The van der Waals surface area contributed by atoms with Gasteiger partial charge in [-0.05, 0) is 25.0 Å². The molecular weight excluding hydrogens is 411 g/mol. The largest absolute Gasteiger partial charge is 0.507 e. The van der Waals surface area contributed by atoms with E-state index in [9.17, 15) is 14.3 Å². The molecule has 3 aliphatic rings. The Hall–Kier alpha value is -2.92. The number of aromatic nitrogens is 5. The van der Waals surface area contributed by atoms with Crippen molar-refractivity contribution in [1.82, 2.24) is 30.0 Å². The van der Waals surface area contributed by atoms with Gasteiger partial charge in [0.2, 0.25) is 0 Å². The van der Waals surface area contributed by atoms with Gasteiger partial charge in [0, 0.05) is 31.1 Å². The minimum atomic E-state index is -1.07. The summed E-state index contributed by atoms with van der Waals surface area (Å²) in [5.74, 6) is 0.281. The molecule has 2 aromatic heterocycles. The van der Waals surface area contributed by atoms with Crippen LogP contribution in [0.5, 0.6) is 10.9 Å². The van der Waals surface area contributed by atoms with Crippen molar-refractivity contribution in [2.24, 2.45) is 13.0 Å². The number of rotatable bonds is 4. The Morgan fingerprint density at radius 3 is 2.90 bits per heavy atom. The number of hydrogen-bond acceptors (Lipinski definition) is 9. The average Bonchev–Trinajstić information content (AvgIpc) is 3.21. The highest BCUT2D eigenvalue weighted by molar-refractivity contribution is 7.16. The van der Waals surface area contributed by atoms with Crippen molar-refractivity contribution in [2.75, 3.05) is 6.54 Å². The van der Waals surface area contributed by atoms with Gasteiger partial charge in [0.1, 0.15) is 18.2 Å². The first-order valence-corrected chi connectivity index (χ1v) is 10.4. The van der Waals surface area contributed by atoms with E-state index in [4.69, 9.17) is 4.74 Å². The molecule has 2 unspecified atom stereocenters. The lowest BCUT2D eigenvalue weighted by atomic mass is 9.78. The van der Waals surface area contributed by atoms with E-state index in [0.29, 0.717) is 16.1 Å². The van der Waals surface area contributed by atoms with Crippen LogP contribution in [0.2, 0.25) is 0 Å². The zero-order valence-electron chi connectivity index (χ0n) is 16.0. The Bertz CT molecular complexity index is 1140. The van der Waals surface area contributed by atoms with E-state index in [0.717, 1.165) is 30.7 Å². The number of ether oxygens (including phenoxy) is 1. The third-order valence-electron chi connectivity index (χ3n) is 5.64. The van der Waals surface area contributed by atoms with Crippen LogP contribution in [0.3, 0.4) is 0 Å². The van der Waals surface area contributed by atoms with Gasteiger partial charge in [-0.1, -0.05) is 22.5 Å². The van der Waals surface area contributed by atoms with Crippen molar-refractivity contribution in [2.45, 2.75) is 31.2 Å². The molecule has 1 aliphatic carbocycles. The van der Waals surface area contributed by atoms with Gasteiger partial charge in [-0.25, -0.2) is 14.2 Å². The number of nitrogens with one attached hydrogen (secondary N) is 1. The summed E-state index contributed by atoms with van der Waals surface area (Å²) in [6.45, 7) is 0.744. The monoisotopic (exact) mass is 430 g/mol. The average molecular weight is 430 g/mol. The minimum Gasteiger partial charge on any atom is -0.507 e. The SMILES string of the molecule is Cn1cnc(-c2ccc(-c3nnc(O[C@@H]4C5CCC(NC5)[C@H]4F)s3)c(O)c2)nc1=O. The van der Waals surface area contributed by atoms with Gasteiger partial charge in [-0.2, -0.15) is 4.98 Å². The second kappa shape index (κ2) is 7.40. The van der Waals surface area contributed by atoms with Crippen LogP contribution in [0.25, 0.3) is 22.0 Å². The van der Waals surface area contributed by atoms with Crippen molar-refractivity contribution in [3.8, 4) is 32.9 Å². The lowest BCUT2D eigenvalue weighted by molar-refractivity contribution is -0.0331. The molecule has 3 aromatic rings. The van der Waals surface area contributed by atoms with Crippen LogP contribution in [0.1, 0.15) is 12.8 Å². The summed E-state index contributed by atoms with van der Waals surface area (Å²) in [5.41, 5.74) is 0.520. The molecule has 3 fully saturated rings. The maximum absolute atomic E-state index is 14.6. The molecule has 11 heteroatoms. The molecule has 2 aliphatic heterocycles. The molecule has 1 aromatic carbocycles. The molecule has 6 rings (SSSR count). The Morgan fingerprint density at radius 1 is 1.33 bits per heavy atom. The molecule has 0 spiro atoms. The van der Waals surface area contributed by atoms with Crippen LogP contribution in [0.4, 0.5) is 4.39 Å². The highest BCUT2D eigenvalue weighted by Gasteiger charge is 2.46. The number of benzene rings is 1. The molecule has 4 heterocycles. The molecule has 0 amide bonds. The van der Waals surface area contributed by atoms with Gasteiger partial charge in [0.25, 0.3) is 5.19 Å². The lowest BCUT2D eigenvalue weighted by Gasteiger charge is -2.44. The molecule has 0 radical (unpaired) electrons. The van der Waals surface area contributed by atoms with E-state index in [2.05, 4.69) is 25.5 Å².